The lowest BCUT2D eigenvalue weighted by atomic mass is 10.1. The summed E-state index contributed by atoms with van der Waals surface area (Å²) in [6.07, 6.45) is 0. The van der Waals surface area contributed by atoms with Crippen LogP contribution in [0.3, 0.4) is 0 Å². The highest BCUT2D eigenvalue weighted by Gasteiger charge is 2.16. The number of Topliss-reactive ketones (excluding diaryl/α,β-unsaturated/α-hetero) is 1. The third kappa shape index (κ3) is 2.33. The van der Waals surface area contributed by atoms with Gasteiger partial charge in [-0.15, -0.1) is 0 Å². The highest BCUT2D eigenvalue weighted by Crippen LogP contribution is 2.25. The van der Waals surface area contributed by atoms with E-state index in [0.29, 0.717) is 5.56 Å². The maximum absolute atomic E-state index is 13.6. The first-order valence-corrected chi connectivity index (χ1v) is 4.62. The zero-order chi connectivity index (χ0) is 11.4. The number of methoxy groups -OCH3 is 1. The number of hydrogen-bond acceptors (Lipinski definition) is 3. The maximum Gasteiger partial charge on any atom is 0.180 e. The standard InChI is InChI=1S/C11H14FNO2/c1-7-4-5-8(9(14)6-13-2)11(15-3)10(7)12/h4-5,13H,6H2,1-3H3. The molecule has 0 fully saturated rings. The van der Waals surface area contributed by atoms with E-state index in [1.807, 2.05) is 0 Å². The van der Waals surface area contributed by atoms with Crippen LogP contribution in [0.15, 0.2) is 12.1 Å². The highest BCUT2D eigenvalue weighted by molar-refractivity contribution is 6.00. The minimum absolute atomic E-state index is 0.0234. The first-order chi connectivity index (χ1) is 7.11. The molecule has 1 aromatic carbocycles. The Balaban J connectivity index is 3.18. The number of ether oxygens (including phenoxy) is 1. The molecule has 0 aliphatic rings. The Hall–Kier alpha value is -1.42. The zero-order valence-electron chi connectivity index (χ0n) is 9.06. The maximum atomic E-state index is 13.6. The quantitative estimate of drug-likeness (QED) is 0.768. The molecule has 0 aromatic heterocycles. The third-order valence-electron chi connectivity index (χ3n) is 2.13. The molecule has 1 N–H and O–H groups in total. The van der Waals surface area contributed by atoms with Crippen molar-refractivity contribution in [2.45, 2.75) is 6.92 Å². The van der Waals surface area contributed by atoms with Gasteiger partial charge in [-0.05, 0) is 25.6 Å². The minimum atomic E-state index is -0.473. The summed E-state index contributed by atoms with van der Waals surface area (Å²) in [4.78, 5) is 11.6. The molecule has 82 valence electrons. The van der Waals surface area contributed by atoms with Gasteiger partial charge in [0.25, 0.3) is 0 Å². The SMILES string of the molecule is CNCC(=O)c1ccc(C)c(F)c1OC. The number of halogens is 1. The summed E-state index contributed by atoms with van der Waals surface area (Å²) in [5.74, 6) is -0.636. The van der Waals surface area contributed by atoms with Crippen LogP contribution in [0.4, 0.5) is 4.39 Å². The van der Waals surface area contributed by atoms with Gasteiger partial charge in [-0.2, -0.15) is 0 Å². The lowest BCUT2D eigenvalue weighted by Crippen LogP contribution is -2.19. The second-order valence-corrected chi connectivity index (χ2v) is 3.23. The van der Waals surface area contributed by atoms with Crippen LogP contribution in [-0.2, 0) is 0 Å². The molecular weight excluding hydrogens is 197 g/mol. The average molecular weight is 211 g/mol. The largest absolute Gasteiger partial charge is 0.493 e. The Morgan fingerprint density at radius 1 is 1.53 bits per heavy atom. The Morgan fingerprint density at radius 2 is 2.20 bits per heavy atom. The normalized spacial score (nSPS) is 10.1. The van der Waals surface area contributed by atoms with Crippen molar-refractivity contribution in [2.75, 3.05) is 20.7 Å². The molecule has 1 aromatic rings. The topological polar surface area (TPSA) is 38.3 Å². The predicted molar refractivity (Wildman–Crippen MR) is 55.9 cm³/mol. The number of carbonyl (C=O) groups excluding carboxylic acids is 1. The molecule has 0 bridgehead atoms. The van der Waals surface area contributed by atoms with Crippen molar-refractivity contribution < 1.29 is 13.9 Å². The van der Waals surface area contributed by atoms with E-state index in [4.69, 9.17) is 4.74 Å². The van der Waals surface area contributed by atoms with Gasteiger partial charge < -0.3 is 10.1 Å². The number of aryl methyl sites for hydroxylation is 1. The first-order valence-electron chi connectivity index (χ1n) is 4.62. The average Bonchev–Trinajstić information content (AvgIpc) is 2.22. The van der Waals surface area contributed by atoms with Crippen LogP contribution in [0.25, 0.3) is 0 Å². The Bertz CT molecular complexity index is 377. The van der Waals surface area contributed by atoms with Crippen LogP contribution in [0.1, 0.15) is 15.9 Å². The first kappa shape index (κ1) is 11.7. The van der Waals surface area contributed by atoms with Crippen molar-refractivity contribution in [3.05, 3.63) is 29.1 Å². The Morgan fingerprint density at radius 3 is 2.73 bits per heavy atom. The van der Waals surface area contributed by atoms with E-state index in [0.717, 1.165) is 0 Å². The number of hydrogen-bond donors (Lipinski definition) is 1. The molecule has 0 aliphatic carbocycles. The summed E-state index contributed by atoms with van der Waals surface area (Å²) in [6, 6.07) is 3.15. The van der Waals surface area contributed by atoms with Gasteiger partial charge in [0.1, 0.15) is 0 Å². The lowest BCUT2D eigenvalue weighted by molar-refractivity contribution is 0.0990. The molecule has 0 spiro atoms. The van der Waals surface area contributed by atoms with Gasteiger partial charge in [0, 0.05) is 0 Å². The van der Waals surface area contributed by atoms with Gasteiger partial charge >= 0.3 is 0 Å². The monoisotopic (exact) mass is 211 g/mol. The summed E-state index contributed by atoms with van der Waals surface area (Å²) < 4.78 is 18.5. The molecule has 3 nitrogen and oxygen atoms in total. The van der Waals surface area contributed by atoms with Gasteiger partial charge in [-0.1, -0.05) is 6.07 Å². The highest BCUT2D eigenvalue weighted by atomic mass is 19.1. The van der Waals surface area contributed by atoms with Crippen molar-refractivity contribution in [3.8, 4) is 5.75 Å². The number of carbonyl (C=O) groups is 1. The van der Waals surface area contributed by atoms with Crippen LogP contribution < -0.4 is 10.1 Å². The van der Waals surface area contributed by atoms with Crippen LogP contribution in [0.2, 0.25) is 0 Å². The number of nitrogens with one attached hydrogen (secondary N) is 1. The summed E-state index contributed by atoms with van der Waals surface area (Å²) >= 11 is 0. The summed E-state index contributed by atoms with van der Waals surface area (Å²) in [5, 5.41) is 2.72. The fourth-order valence-electron chi connectivity index (χ4n) is 1.33. The van der Waals surface area contributed by atoms with Gasteiger partial charge in [0.15, 0.2) is 17.3 Å². The number of ketones is 1. The number of benzene rings is 1. The van der Waals surface area contributed by atoms with E-state index >= 15 is 0 Å². The molecule has 1 rings (SSSR count). The van der Waals surface area contributed by atoms with E-state index in [2.05, 4.69) is 5.32 Å². The molecule has 0 saturated carbocycles. The smallest absolute Gasteiger partial charge is 0.180 e. The number of likely N-dealkylation sites (N-methyl/N-ethyl adjacent to an activating group) is 1. The van der Waals surface area contributed by atoms with Gasteiger partial charge in [-0.25, -0.2) is 4.39 Å². The van der Waals surface area contributed by atoms with E-state index in [1.165, 1.54) is 7.11 Å². The van der Waals surface area contributed by atoms with E-state index < -0.39 is 5.82 Å². The van der Waals surface area contributed by atoms with Gasteiger partial charge in [-0.3, -0.25) is 4.79 Å². The van der Waals surface area contributed by atoms with Crippen molar-refractivity contribution in [3.63, 3.8) is 0 Å². The molecule has 0 heterocycles. The molecule has 4 heteroatoms. The minimum Gasteiger partial charge on any atom is -0.493 e. The summed E-state index contributed by atoms with van der Waals surface area (Å²) in [7, 11) is 3.02. The Kier molecular flexibility index (Phi) is 3.80. The van der Waals surface area contributed by atoms with Crippen LogP contribution in [-0.4, -0.2) is 26.5 Å². The predicted octanol–water partition coefficient (Wildman–Crippen LogP) is 1.54. The second-order valence-electron chi connectivity index (χ2n) is 3.23. The van der Waals surface area contributed by atoms with E-state index in [9.17, 15) is 9.18 Å². The molecule has 0 radical (unpaired) electrons. The summed E-state index contributed by atoms with van der Waals surface area (Å²) in [5.41, 5.74) is 0.739. The molecule has 0 atom stereocenters. The van der Waals surface area contributed by atoms with Gasteiger partial charge in [0.2, 0.25) is 0 Å². The van der Waals surface area contributed by atoms with Gasteiger partial charge in [0.05, 0.1) is 19.2 Å². The van der Waals surface area contributed by atoms with E-state index in [1.54, 1.807) is 26.1 Å². The van der Waals surface area contributed by atoms with E-state index in [-0.39, 0.29) is 23.6 Å². The van der Waals surface area contributed by atoms with Crippen LogP contribution >= 0.6 is 0 Å². The van der Waals surface area contributed by atoms with Crippen molar-refractivity contribution in [1.29, 1.82) is 0 Å². The molecule has 0 aliphatic heterocycles. The third-order valence-corrected chi connectivity index (χ3v) is 2.13. The number of rotatable bonds is 4. The summed E-state index contributed by atoms with van der Waals surface area (Å²) in [6.45, 7) is 1.79. The molecular formula is C11H14FNO2. The Labute approximate surface area is 88.2 Å². The molecule has 0 amide bonds. The van der Waals surface area contributed by atoms with Crippen molar-refractivity contribution >= 4 is 5.78 Å². The lowest BCUT2D eigenvalue weighted by Gasteiger charge is -2.09. The molecule has 15 heavy (non-hydrogen) atoms. The fraction of sp³-hybridized carbons (Fsp3) is 0.364. The van der Waals surface area contributed by atoms with Crippen molar-refractivity contribution in [2.24, 2.45) is 0 Å². The molecule has 0 unspecified atom stereocenters. The second kappa shape index (κ2) is 4.89. The molecule has 0 saturated heterocycles. The zero-order valence-corrected chi connectivity index (χ0v) is 9.06. The van der Waals surface area contributed by atoms with Crippen LogP contribution in [0, 0.1) is 12.7 Å². The van der Waals surface area contributed by atoms with Crippen LogP contribution in [0.5, 0.6) is 5.75 Å². The van der Waals surface area contributed by atoms with Crippen molar-refractivity contribution in [1.82, 2.24) is 5.32 Å². The fourth-order valence-corrected chi connectivity index (χ4v) is 1.33.